The first kappa shape index (κ1) is 35.5. The summed E-state index contributed by atoms with van der Waals surface area (Å²) < 4.78 is 18.9. The fraction of sp³-hybridized carbons (Fsp3) is 0.519. The topological polar surface area (TPSA) is 186 Å². The molecular weight excluding hydrogens is 561 g/mol. The number of H-pyrrole nitrogens is 1. The van der Waals surface area contributed by atoms with Crippen molar-refractivity contribution in [3.63, 3.8) is 0 Å². The lowest BCUT2D eigenvalue weighted by molar-refractivity contribution is -0.147. The summed E-state index contributed by atoms with van der Waals surface area (Å²) >= 11 is 0. The van der Waals surface area contributed by atoms with E-state index in [9.17, 15) is 33.5 Å². The number of hydrogen-bond acceptors (Lipinski definition) is 8. The molecule has 14 heteroatoms. The molecule has 0 radical (unpaired) electrons. The summed E-state index contributed by atoms with van der Waals surface area (Å²) in [5.41, 5.74) is 4.86. The molecule has 41 heavy (non-hydrogen) atoms. The molecule has 3 atom stereocenters. The summed E-state index contributed by atoms with van der Waals surface area (Å²) in [7, 11) is 0. The van der Waals surface area contributed by atoms with Gasteiger partial charge in [0.1, 0.15) is 12.1 Å². The van der Waals surface area contributed by atoms with Crippen LogP contribution in [0.2, 0.25) is 0 Å². The number of nitrogens with one attached hydrogen (secondary N) is 3. The highest BCUT2D eigenvalue weighted by Crippen LogP contribution is 2.09. The zero-order valence-electron chi connectivity index (χ0n) is 23.1. The monoisotopic (exact) mass is 599 g/mol. The number of carbonyl (C=O) groups is 3. The van der Waals surface area contributed by atoms with E-state index in [1.54, 1.807) is 4.98 Å². The number of rotatable bonds is 16. The van der Waals surface area contributed by atoms with E-state index in [1.807, 2.05) is 44.2 Å². The van der Waals surface area contributed by atoms with Gasteiger partial charge < -0.3 is 26.2 Å². The molecule has 0 aliphatic carbocycles. The summed E-state index contributed by atoms with van der Waals surface area (Å²) in [6.07, 6.45) is 1.47. The van der Waals surface area contributed by atoms with Crippen molar-refractivity contribution in [2.45, 2.75) is 77.3 Å². The highest BCUT2D eigenvalue weighted by Gasteiger charge is 2.28. The Hall–Kier alpha value is -3.55. The van der Waals surface area contributed by atoms with Crippen LogP contribution in [0, 0.1) is 11.7 Å². The first-order chi connectivity index (χ1) is 19.0. The van der Waals surface area contributed by atoms with Crippen LogP contribution in [-0.2, 0) is 32.3 Å². The van der Waals surface area contributed by atoms with Crippen LogP contribution in [-0.4, -0.2) is 57.2 Å². The summed E-state index contributed by atoms with van der Waals surface area (Å²) in [5.74, 6) is -2.78. The zero-order chi connectivity index (χ0) is 29.7. The smallest absolute Gasteiger partial charge is 0.331 e. The Morgan fingerprint density at radius 3 is 2.44 bits per heavy atom. The van der Waals surface area contributed by atoms with E-state index in [0.717, 1.165) is 10.1 Å². The molecule has 0 saturated heterocycles. The lowest BCUT2D eigenvalue weighted by Crippen LogP contribution is -2.54. The lowest BCUT2D eigenvalue weighted by Gasteiger charge is -2.24. The number of hydrogen-bond donors (Lipinski definition) is 5. The van der Waals surface area contributed by atoms with Crippen LogP contribution in [0.5, 0.6) is 0 Å². The molecule has 2 aromatic rings. The van der Waals surface area contributed by atoms with Gasteiger partial charge in [-0.25, -0.2) is 4.79 Å². The number of benzene rings is 1. The molecule has 228 valence electrons. The van der Waals surface area contributed by atoms with Crippen molar-refractivity contribution in [2.24, 2.45) is 11.7 Å². The van der Waals surface area contributed by atoms with Crippen LogP contribution in [0.1, 0.15) is 51.5 Å². The number of amides is 2. The summed E-state index contributed by atoms with van der Waals surface area (Å²) in [6.45, 7) is 3.59. The van der Waals surface area contributed by atoms with Crippen molar-refractivity contribution in [1.29, 1.82) is 0 Å². The first-order valence-corrected chi connectivity index (χ1v) is 13.2. The second-order valence-corrected chi connectivity index (χ2v) is 9.94. The van der Waals surface area contributed by atoms with Crippen LogP contribution < -0.4 is 27.6 Å². The van der Waals surface area contributed by atoms with Gasteiger partial charge in [0, 0.05) is 19.0 Å². The van der Waals surface area contributed by atoms with E-state index in [2.05, 4.69) is 10.6 Å². The Labute approximate surface area is 243 Å². The molecule has 2 rings (SSSR count). The van der Waals surface area contributed by atoms with Crippen molar-refractivity contribution in [1.82, 2.24) is 20.2 Å². The SMILES string of the molecule is CC(C)C[C@H](NC(=O)[C@@H](O)[C@H](N)Cc1ccccc1)C(=O)NCCCCCC(=O)OCn1cc(F)c(=O)[nH]c1=O.Cl. The number of aliphatic hydroxyl groups is 1. The van der Waals surface area contributed by atoms with Gasteiger partial charge >= 0.3 is 11.7 Å². The molecule has 0 aliphatic rings. The molecule has 1 aromatic heterocycles. The number of esters is 1. The van der Waals surface area contributed by atoms with Gasteiger partial charge in [-0.1, -0.05) is 50.6 Å². The minimum absolute atomic E-state index is 0. The molecule has 12 nitrogen and oxygen atoms in total. The van der Waals surface area contributed by atoms with Gasteiger partial charge in [-0.3, -0.25) is 28.7 Å². The number of carbonyl (C=O) groups excluding carboxylic acids is 3. The molecule has 0 saturated carbocycles. The third-order valence-electron chi connectivity index (χ3n) is 6.02. The molecule has 1 heterocycles. The molecule has 0 unspecified atom stereocenters. The largest absolute Gasteiger partial charge is 0.444 e. The van der Waals surface area contributed by atoms with Crippen LogP contribution in [0.3, 0.4) is 0 Å². The maximum absolute atomic E-state index is 13.3. The highest BCUT2D eigenvalue weighted by atomic mass is 35.5. The standard InChI is InChI=1S/C27H38FN5O7.ClH/c1-17(2)13-21(31-26(38)23(35)20(29)14-18-9-5-3-6-10-18)25(37)30-12-8-4-7-11-22(34)40-16-33-15-19(28)24(36)32-27(33)39;/h3,5-6,9-10,15,17,20-21,23,35H,4,7-8,11-14,16,29H2,1-2H3,(H,30,37)(H,31,38)(H,32,36,39);1H/t20-,21+,23+;/m1./s1. The fourth-order valence-electron chi connectivity index (χ4n) is 3.85. The van der Waals surface area contributed by atoms with Gasteiger partial charge in [-0.2, -0.15) is 4.39 Å². The van der Waals surface area contributed by atoms with Gasteiger partial charge in [0.05, 0.1) is 6.20 Å². The minimum Gasteiger partial charge on any atom is -0.444 e. The van der Waals surface area contributed by atoms with Crippen LogP contribution in [0.15, 0.2) is 46.1 Å². The first-order valence-electron chi connectivity index (χ1n) is 13.2. The van der Waals surface area contributed by atoms with E-state index in [1.165, 1.54) is 0 Å². The Kier molecular flexibility index (Phi) is 15.6. The number of aliphatic hydroxyl groups excluding tert-OH is 1. The lowest BCUT2D eigenvalue weighted by atomic mass is 9.99. The summed E-state index contributed by atoms with van der Waals surface area (Å²) in [4.78, 5) is 61.6. The Balaban J connectivity index is 0.00000840. The van der Waals surface area contributed by atoms with Crippen molar-refractivity contribution < 1.29 is 28.6 Å². The van der Waals surface area contributed by atoms with Crippen LogP contribution >= 0.6 is 12.4 Å². The van der Waals surface area contributed by atoms with Gasteiger partial charge in [0.15, 0.2) is 6.73 Å². The summed E-state index contributed by atoms with van der Waals surface area (Å²) in [6, 6.07) is 7.55. The normalized spacial score (nSPS) is 13.0. The molecular formula is C27H39ClFN5O7. The number of aromatic nitrogens is 2. The number of nitrogens with zero attached hydrogens (tertiary/aromatic N) is 1. The second-order valence-electron chi connectivity index (χ2n) is 9.94. The molecule has 0 aliphatic heterocycles. The van der Waals surface area contributed by atoms with Crippen LogP contribution in [0.25, 0.3) is 0 Å². The predicted octanol–water partition coefficient (Wildman–Crippen LogP) is 0.737. The number of halogens is 2. The Bertz CT molecular complexity index is 1240. The van der Waals surface area contributed by atoms with Gasteiger partial charge in [-0.05, 0) is 37.2 Å². The Morgan fingerprint density at radius 2 is 1.78 bits per heavy atom. The highest BCUT2D eigenvalue weighted by molar-refractivity contribution is 5.89. The van der Waals surface area contributed by atoms with E-state index >= 15 is 0 Å². The average molecular weight is 600 g/mol. The maximum Gasteiger partial charge on any atom is 0.331 e. The Morgan fingerprint density at radius 1 is 1.10 bits per heavy atom. The van der Waals surface area contributed by atoms with E-state index in [4.69, 9.17) is 10.5 Å². The van der Waals surface area contributed by atoms with Crippen LogP contribution in [0.4, 0.5) is 4.39 Å². The molecule has 2 amide bonds. The van der Waals surface area contributed by atoms with Gasteiger partial charge in [0.25, 0.3) is 11.5 Å². The number of ether oxygens (including phenoxy) is 1. The zero-order valence-corrected chi connectivity index (χ0v) is 24.0. The second kappa shape index (κ2) is 18.0. The van der Waals surface area contributed by atoms with Crippen molar-refractivity contribution in [2.75, 3.05) is 6.54 Å². The molecule has 0 spiro atoms. The summed E-state index contributed by atoms with van der Waals surface area (Å²) in [5, 5.41) is 15.8. The van der Waals surface area contributed by atoms with Crippen molar-refractivity contribution in [3.8, 4) is 0 Å². The van der Waals surface area contributed by atoms with E-state index in [-0.39, 0.29) is 30.7 Å². The van der Waals surface area contributed by atoms with E-state index < -0.39 is 53.9 Å². The molecule has 6 N–H and O–H groups in total. The molecule has 1 aromatic carbocycles. The number of unbranched alkanes of at least 4 members (excludes halogenated alkanes) is 2. The third-order valence-corrected chi connectivity index (χ3v) is 6.02. The maximum atomic E-state index is 13.3. The van der Waals surface area contributed by atoms with E-state index in [0.29, 0.717) is 44.8 Å². The van der Waals surface area contributed by atoms with Gasteiger partial charge in [0.2, 0.25) is 11.7 Å². The van der Waals surface area contributed by atoms with Gasteiger partial charge in [-0.15, -0.1) is 12.4 Å². The van der Waals surface area contributed by atoms with Crippen molar-refractivity contribution in [3.05, 3.63) is 68.7 Å². The number of aromatic amines is 1. The predicted molar refractivity (Wildman–Crippen MR) is 152 cm³/mol. The third kappa shape index (κ3) is 12.7. The minimum atomic E-state index is -1.48. The quantitative estimate of drug-likeness (QED) is 0.138. The van der Waals surface area contributed by atoms with Crippen molar-refractivity contribution >= 4 is 30.2 Å². The molecule has 0 bridgehead atoms. The average Bonchev–Trinajstić information content (AvgIpc) is 2.91. The molecule has 0 fully saturated rings. The fourth-order valence-corrected chi connectivity index (χ4v) is 3.85. The number of nitrogens with two attached hydrogens (primary N) is 1.